The molecule has 0 radical (unpaired) electrons. The van der Waals surface area contributed by atoms with Gasteiger partial charge in [-0.1, -0.05) is 16.4 Å². The topological polar surface area (TPSA) is 47.0 Å². The summed E-state index contributed by atoms with van der Waals surface area (Å²) in [7, 11) is 0. The van der Waals surface area contributed by atoms with Crippen molar-refractivity contribution in [2.75, 3.05) is 13.1 Å². The highest BCUT2D eigenvalue weighted by Crippen LogP contribution is 2.34. The maximum atomic E-state index is 12.2. The quantitative estimate of drug-likeness (QED) is 0.871. The second-order valence-electron chi connectivity index (χ2n) is 3.46. The number of halogens is 3. The Labute approximate surface area is 93.8 Å². The summed E-state index contributed by atoms with van der Waals surface area (Å²) >= 11 is 0.436. The van der Waals surface area contributed by atoms with E-state index in [4.69, 9.17) is 4.74 Å². The van der Waals surface area contributed by atoms with Crippen molar-refractivity contribution in [3.05, 3.63) is 5.01 Å². The van der Waals surface area contributed by atoms with Crippen molar-refractivity contribution in [1.29, 1.82) is 0 Å². The zero-order valence-corrected chi connectivity index (χ0v) is 9.07. The summed E-state index contributed by atoms with van der Waals surface area (Å²) in [5.74, 6) is 0. The van der Waals surface area contributed by atoms with Crippen LogP contribution in [-0.2, 0) is 6.18 Å². The zero-order chi connectivity index (χ0) is 11.6. The number of hydrogen-bond donors (Lipinski definition) is 1. The van der Waals surface area contributed by atoms with E-state index in [1.807, 2.05) is 0 Å². The lowest BCUT2D eigenvalue weighted by Gasteiger charge is -2.22. The van der Waals surface area contributed by atoms with Gasteiger partial charge in [-0.15, -0.1) is 5.10 Å². The molecule has 4 nitrogen and oxygen atoms in total. The van der Waals surface area contributed by atoms with Crippen molar-refractivity contribution < 1.29 is 17.9 Å². The molecule has 2 heterocycles. The summed E-state index contributed by atoms with van der Waals surface area (Å²) in [5, 5.41) is 8.55. The standard InChI is InChI=1S/C8H10F3N3OS/c9-8(10,11)6-13-14-7(16-6)15-5-2-1-3-12-4-5/h5,12H,1-4H2. The minimum atomic E-state index is -4.44. The molecule has 0 aliphatic carbocycles. The van der Waals surface area contributed by atoms with Gasteiger partial charge in [0, 0.05) is 6.54 Å². The average Bonchev–Trinajstić information content (AvgIpc) is 2.67. The van der Waals surface area contributed by atoms with Crippen molar-refractivity contribution in [1.82, 2.24) is 15.5 Å². The van der Waals surface area contributed by atoms with Crippen LogP contribution in [0, 0.1) is 0 Å². The second kappa shape index (κ2) is 4.54. The number of nitrogens with one attached hydrogen (secondary N) is 1. The van der Waals surface area contributed by atoms with Gasteiger partial charge in [0.2, 0.25) is 5.01 Å². The predicted molar refractivity (Wildman–Crippen MR) is 51.4 cm³/mol. The van der Waals surface area contributed by atoms with Crippen LogP contribution in [0.15, 0.2) is 0 Å². The van der Waals surface area contributed by atoms with Gasteiger partial charge in [-0.05, 0) is 19.4 Å². The van der Waals surface area contributed by atoms with Crippen LogP contribution in [0.25, 0.3) is 0 Å². The van der Waals surface area contributed by atoms with E-state index in [2.05, 4.69) is 15.5 Å². The van der Waals surface area contributed by atoms with Crippen LogP contribution >= 0.6 is 11.3 Å². The summed E-state index contributed by atoms with van der Waals surface area (Å²) in [6.07, 6.45) is -2.77. The van der Waals surface area contributed by atoms with Gasteiger partial charge in [0.25, 0.3) is 5.19 Å². The van der Waals surface area contributed by atoms with E-state index in [0.717, 1.165) is 19.4 Å². The Morgan fingerprint density at radius 3 is 2.75 bits per heavy atom. The van der Waals surface area contributed by atoms with Gasteiger partial charge in [0.05, 0.1) is 0 Å². The molecule has 1 fully saturated rings. The largest absolute Gasteiger partial charge is 0.464 e. The van der Waals surface area contributed by atoms with Gasteiger partial charge < -0.3 is 10.1 Å². The molecule has 1 atom stereocenters. The summed E-state index contributed by atoms with van der Waals surface area (Å²) < 4.78 is 42.0. The van der Waals surface area contributed by atoms with Crippen molar-refractivity contribution in [2.45, 2.75) is 25.1 Å². The van der Waals surface area contributed by atoms with Crippen LogP contribution in [0.1, 0.15) is 17.8 Å². The first-order valence-corrected chi connectivity index (χ1v) is 5.65. The Morgan fingerprint density at radius 1 is 1.38 bits per heavy atom. The monoisotopic (exact) mass is 253 g/mol. The molecule has 0 aromatic carbocycles. The molecule has 1 saturated heterocycles. The molecule has 1 aromatic heterocycles. The number of aromatic nitrogens is 2. The van der Waals surface area contributed by atoms with Gasteiger partial charge in [-0.25, -0.2) is 0 Å². The number of hydrogen-bond acceptors (Lipinski definition) is 5. The molecule has 1 aliphatic rings. The highest BCUT2D eigenvalue weighted by atomic mass is 32.1. The fourth-order valence-corrected chi connectivity index (χ4v) is 2.06. The minimum absolute atomic E-state index is 0.0129. The predicted octanol–water partition coefficient (Wildman–Crippen LogP) is 1.69. The maximum absolute atomic E-state index is 12.2. The van der Waals surface area contributed by atoms with Gasteiger partial charge in [0.15, 0.2) is 0 Å². The normalized spacial score (nSPS) is 22.1. The van der Waals surface area contributed by atoms with E-state index >= 15 is 0 Å². The lowest BCUT2D eigenvalue weighted by atomic mass is 10.1. The Balaban J connectivity index is 1.97. The first-order chi connectivity index (χ1) is 7.55. The van der Waals surface area contributed by atoms with E-state index in [1.165, 1.54) is 0 Å². The highest BCUT2D eigenvalue weighted by Gasteiger charge is 2.36. The molecule has 0 spiro atoms. The van der Waals surface area contributed by atoms with Gasteiger partial charge >= 0.3 is 6.18 Å². The number of rotatable bonds is 2. The molecule has 1 N–H and O–H groups in total. The summed E-state index contributed by atoms with van der Waals surface area (Å²) in [4.78, 5) is 0. The molecule has 0 bridgehead atoms. The number of alkyl halides is 3. The molecule has 90 valence electrons. The smallest absolute Gasteiger partial charge is 0.445 e. The van der Waals surface area contributed by atoms with Gasteiger partial charge in [-0.2, -0.15) is 13.2 Å². The number of piperidine rings is 1. The zero-order valence-electron chi connectivity index (χ0n) is 8.25. The van der Waals surface area contributed by atoms with E-state index in [-0.39, 0.29) is 11.3 Å². The van der Waals surface area contributed by atoms with Gasteiger partial charge in [-0.3, -0.25) is 0 Å². The lowest BCUT2D eigenvalue weighted by molar-refractivity contribution is -0.138. The third-order valence-corrected chi connectivity index (χ3v) is 3.03. The molecule has 1 aromatic rings. The fourth-order valence-electron chi connectivity index (χ4n) is 1.43. The maximum Gasteiger partial charge on any atom is 0.445 e. The van der Waals surface area contributed by atoms with Crippen molar-refractivity contribution in [3.8, 4) is 5.19 Å². The third-order valence-electron chi connectivity index (χ3n) is 2.17. The van der Waals surface area contributed by atoms with Crippen LogP contribution in [0.2, 0.25) is 0 Å². The molecule has 1 aliphatic heterocycles. The molecular weight excluding hydrogens is 243 g/mol. The van der Waals surface area contributed by atoms with Crippen LogP contribution < -0.4 is 10.1 Å². The van der Waals surface area contributed by atoms with E-state index in [1.54, 1.807) is 0 Å². The molecule has 0 saturated carbocycles. The molecule has 8 heteroatoms. The molecule has 2 rings (SSSR count). The molecular formula is C8H10F3N3OS. The first-order valence-electron chi connectivity index (χ1n) is 4.84. The highest BCUT2D eigenvalue weighted by molar-refractivity contribution is 7.13. The van der Waals surface area contributed by atoms with Crippen molar-refractivity contribution in [2.24, 2.45) is 0 Å². The van der Waals surface area contributed by atoms with E-state index < -0.39 is 11.2 Å². The second-order valence-corrected chi connectivity index (χ2v) is 4.40. The van der Waals surface area contributed by atoms with E-state index in [0.29, 0.717) is 17.9 Å². The Morgan fingerprint density at radius 2 is 2.19 bits per heavy atom. The van der Waals surface area contributed by atoms with Crippen LogP contribution in [0.5, 0.6) is 5.19 Å². The summed E-state index contributed by atoms with van der Waals surface area (Å²) in [5.41, 5.74) is 0. The first kappa shape index (κ1) is 11.6. The van der Waals surface area contributed by atoms with Crippen molar-refractivity contribution >= 4 is 11.3 Å². The van der Waals surface area contributed by atoms with Crippen LogP contribution in [-0.4, -0.2) is 29.4 Å². The third kappa shape index (κ3) is 2.82. The lowest BCUT2D eigenvalue weighted by Crippen LogP contribution is -2.37. The molecule has 1 unspecified atom stereocenters. The van der Waals surface area contributed by atoms with Crippen LogP contribution in [0.3, 0.4) is 0 Å². The molecule has 16 heavy (non-hydrogen) atoms. The number of nitrogens with zero attached hydrogens (tertiary/aromatic N) is 2. The van der Waals surface area contributed by atoms with Crippen LogP contribution in [0.4, 0.5) is 13.2 Å². The summed E-state index contributed by atoms with van der Waals surface area (Å²) in [6.45, 7) is 1.56. The molecule has 0 amide bonds. The van der Waals surface area contributed by atoms with Gasteiger partial charge in [0.1, 0.15) is 6.10 Å². The van der Waals surface area contributed by atoms with E-state index in [9.17, 15) is 13.2 Å². The Kier molecular flexibility index (Phi) is 3.29. The van der Waals surface area contributed by atoms with Crippen molar-refractivity contribution in [3.63, 3.8) is 0 Å². The SMILES string of the molecule is FC(F)(F)c1nnc(OC2CCCNC2)s1. The average molecular weight is 253 g/mol. The Bertz CT molecular complexity index is 349. The summed E-state index contributed by atoms with van der Waals surface area (Å²) in [6, 6.07) is 0. The Hall–Kier alpha value is -0.890. The minimum Gasteiger partial charge on any atom is -0.464 e. The fraction of sp³-hybridized carbons (Fsp3) is 0.750. The number of ether oxygens (including phenoxy) is 1.